The first-order valence-corrected chi connectivity index (χ1v) is 12.0. The summed E-state index contributed by atoms with van der Waals surface area (Å²) in [6.07, 6.45) is -5.08. The van der Waals surface area contributed by atoms with Crippen molar-refractivity contribution in [2.75, 3.05) is 26.2 Å². The molecule has 1 fully saturated rings. The van der Waals surface area contributed by atoms with Gasteiger partial charge in [0.15, 0.2) is 4.34 Å². The molecule has 4 rings (SSSR count). The standard InChI is InChI=1S/C20H21N3O2S2.C2HF3O2/c24-12-16-11-21-9-10-23(16)19(25)15-7-5-14(6-8-15)13-26-20-22-17-3-1-2-4-18(17)27-20;3-2(4,5)1(6)7/h1-8,16,21,24H,9-13H2;(H,6,7). The number of carboxylic acid groups (broad SMARTS) is 1. The van der Waals surface area contributed by atoms with Gasteiger partial charge in [0, 0.05) is 31.0 Å². The maximum Gasteiger partial charge on any atom is 0.490 e. The summed E-state index contributed by atoms with van der Waals surface area (Å²) < 4.78 is 34.0. The van der Waals surface area contributed by atoms with Crippen LogP contribution in [0.5, 0.6) is 0 Å². The van der Waals surface area contributed by atoms with Crippen molar-refractivity contribution in [3.05, 3.63) is 59.7 Å². The number of carboxylic acids is 1. The third-order valence-electron chi connectivity index (χ3n) is 4.90. The molecule has 1 atom stereocenters. The molecule has 1 aliphatic rings. The smallest absolute Gasteiger partial charge is 0.475 e. The zero-order valence-corrected chi connectivity index (χ0v) is 19.4. The average molecular weight is 514 g/mol. The van der Waals surface area contributed by atoms with Gasteiger partial charge >= 0.3 is 12.1 Å². The van der Waals surface area contributed by atoms with Crippen molar-refractivity contribution in [1.82, 2.24) is 15.2 Å². The highest BCUT2D eigenvalue weighted by molar-refractivity contribution is 8.00. The molecule has 1 aromatic heterocycles. The molecule has 2 aromatic carbocycles. The zero-order valence-electron chi connectivity index (χ0n) is 17.8. The van der Waals surface area contributed by atoms with Crippen molar-refractivity contribution < 1.29 is 33.0 Å². The summed E-state index contributed by atoms with van der Waals surface area (Å²) in [5, 5.41) is 19.8. The average Bonchev–Trinajstić information content (AvgIpc) is 3.25. The van der Waals surface area contributed by atoms with Crippen molar-refractivity contribution in [2.45, 2.75) is 22.3 Å². The molecule has 1 aliphatic heterocycles. The number of aliphatic carboxylic acids is 1. The van der Waals surface area contributed by atoms with Crippen molar-refractivity contribution >= 4 is 45.2 Å². The normalized spacial score (nSPS) is 16.1. The fourth-order valence-electron chi connectivity index (χ4n) is 3.16. The van der Waals surface area contributed by atoms with Gasteiger partial charge in [0.1, 0.15) is 0 Å². The van der Waals surface area contributed by atoms with E-state index in [2.05, 4.69) is 16.4 Å². The highest BCUT2D eigenvalue weighted by atomic mass is 32.2. The minimum atomic E-state index is -5.08. The molecular weight excluding hydrogens is 491 g/mol. The fourth-order valence-corrected chi connectivity index (χ4v) is 5.18. The van der Waals surface area contributed by atoms with Crippen LogP contribution in [0.1, 0.15) is 15.9 Å². The monoisotopic (exact) mass is 513 g/mol. The van der Waals surface area contributed by atoms with E-state index in [0.29, 0.717) is 18.7 Å². The Labute approximate surface area is 201 Å². The topological polar surface area (TPSA) is 103 Å². The minimum absolute atomic E-state index is 0.0130. The Kier molecular flexibility index (Phi) is 8.89. The van der Waals surface area contributed by atoms with Gasteiger partial charge in [-0.3, -0.25) is 4.79 Å². The van der Waals surface area contributed by atoms with Gasteiger partial charge in [-0.15, -0.1) is 11.3 Å². The first kappa shape index (κ1) is 25.9. The third-order valence-corrected chi connectivity index (χ3v) is 7.15. The first-order chi connectivity index (χ1) is 16.2. The number of aliphatic hydroxyl groups excluding tert-OH is 1. The second-order valence-corrected chi connectivity index (χ2v) is 9.53. The largest absolute Gasteiger partial charge is 0.490 e. The number of carbonyl (C=O) groups is 2. The Morgan fingerprint density at radius 1 is 1.18 bits per heavy atom. The van der Waals surface area contributed by atoms with Crippen LogP contribution in [0.2, 0.25) is 0 Å². The summed E-state index contributed by atoms with van der Waals surface area (Å²) in [5.74, 6) is -1.95. The van der Waals surface area contributed by atoms with E-state index in [-0.39, 0.29) is 18.6 Å². The Balaban J connectivity index is 0.000000406. The number of aliphatic hydroxyl groups is 1. The number of alkyl halides is 3. The fraction of sp³-hybridized carbons (Fsp3) is 0.318. The number of hydrogen-bond donors (Lipinski definition) is 3. The van der Waals surface area contributed by atoms with Crippen LogP contribution in [0.15, 0.2) is 52.9 Å². The number of amides is 1. The van der Waals surface area contributed by atoms with E-state index in [1.54, 1.807) is 28.0 Å². The molecule has 0 radical (unpaired) electrons. The predicted molar refractivity (Wildman–Crippen MR) is 124 cm³/mol. The van der Waals surface area contributed by atoms with Crippen LogP contribution in [-0.2, 0) is 10.5 Å². The van der Waals surface area contributed by atoms with E-state index < -0.39 is 12.1 Å². The lowest BCUT2D eigenvalue weighted by Gasteiger charge is -2.35. The van der Waals surface area contributed by atoms with Crippen LogP contribution in [-0.4, -0.2) is 70.4 Å². The van der Waals surface area contributed by atoms with Crippen molar-refractivity contribution in [3.63, 3.8) is 0 Å². The predicted octanol–water partition coefficient (Wildman–Crippen LogP) is 3.63. The summed E-state index contributed by atoms with van der Waals surface area (Å²) >= 11 is 3.42. The zero-order chi connectivity index (χ0) is 24.7. The van der Waals surface area contributed by atoms with Gasteiger partial charge in [-0.1, -0.05) is 36.0 Å². The number of halogens is 3. The van der Waals surface area contributed by atoms with E-state index >= 15 is 0 Å². The number of nitrogens with one attached hydrogen (secondary N) is 1. The number of para-hydroxylation sites is 1. The van der Waals surface area contributed by atoms with Gasteiger partial charge in [-0.2, -0.15) is 13.2 Å². The van der Waals surface area contributed by atoms with Gasteiger partial charge in [0.2, 0.25) is 0 Å². The molecule has 3 N–H and O–H groups in total. The van der Waals surface area contributed by atoms with E-state index in [4.69, 9.17) is 9.90 Å². The number of aromatic nitrogens is 1. The molecule has 0 bridgehead atoms. The SMILES string of the molecule is O=C(O)C(F)(F)F.O=C(c1ccc(CSc2nc3ccccc3s2)cc1)N1CCNCC1CO. The van der Waals surface area contributed by atoms with Gasteiger partial charge in [-0.05, 0) is 29.8 Å². The molecule has 1 unspecified atom stereocenters. The van der Waals surface area contributed by atoms with Crippen LogP contribution in [0.3, 0.4) is 0 Å². The van der Waals surface area contributed by atoms with E-state index in [0.717, 1.165) is 27.7 Å². The summed E-state index contributed by atoms with van der Waals surface area (Å²) in [6, 6.07) is 15.8. The lowest BCUT2D eigenvalue weighted by molar-refractivity contribution is -0.192. The number of thioether (sulfide) groups is 1. The Morgan fingerprint density at radius 2 is 1.85 bits per heavy atom. The van der Waals surface area contributed by atoms with Gasteiger partial charge in [0.25, 0.3) is 5.91 Å². The van der Waals surface area contributed by atoms with Crippen molar-refractivity contribution in [1.29, 1.82) is 0 Å². The minimum Gasteiger partial charge on any atom is -0.475 e. The van der Waals surface area contributed by atoms with Gasteiger partial charge < -0.3 is 20.4 Å². The maximum atomic E-state index is 12.7. The molecule has 2 heterocycles. The number of nitrogens with zero attached hydrogens (tertiary/aromatic N) is 2. The van der Waals surface area contributed by atoms with Gasteiger partial charge in [0.05, 0.1) is 22.9 Å². The molecular formula is C22H22F3N3O4S2. The highest BCUT2D eigenvalue weighted by Gasteiger charge is 2.38. The maximum absolute atomic E-state index is 12.7. The van der Waals surface area contributed by atoms with E-state index in [1.807, 2.05) is 42.5 Å². The van der Waals surface area contributed by atoms with Crippen LogP contribution < -0.4 is 5.32 Å². The molecule has 1 saturated heterocycles. The molecule has 34 heavy (non-hydrogen) atoms. The lowest BCUT2D eigenvalue weighted by Crippen LogP contribution is -2.55. The number of piperazine rings is 1. The summed E-state index contributed by atoms with van der Waals surface area (Å²) in [4.78, 5) is 28.0. The number of carbonyl (C=O) groups excluding carboxylic acids is 1. The second-order valence-electron chi connectivity index (χ2n) is 7.28. The summed E-state index contributed by atoms with van der Waals surface area (Å²) in [6.45, 7) is 2.01. The lowest BCUT2D eigenvalue weighted by atomic mass is 10.1. The Hall–Kier alpha value is -2.67. The number of rotatable bonds is 5. The summed E-state index contributed by atoms with van der Waals surface area (Å²) in [7, 11) is 0. The van der Waals surface area contributed by atoms with Gasteiger partial charge in [-0.25, -0.2) is 9.78 Å². The van der Waals surface area contributed by atoms with Crippen molar-refractivity contribution in [3.8, 4) is 0 Å². The number of thiazole rings is 1. The summed E-state index contributed by atoms with van der Waals surface area (Å²) in [5.41, 5.74) is 2.87. The molecule has 3 aromatic rings. The molecule has 0 spiro atoms. The Morgan fingerprint density at radius 3 is 2.47 bits per heavy atom. The number of fused-ring (bicyclic) bond motifs is 1. The van der Waals surface area contributed by atoms with Crippen LogP contribution >= 0.6 is 23.1 Å². The Bertz CT molecular complexity index is 1090. The van der Waals surface area contributed by atoms with Crippen LogP contribution in [0.4, 0.5) is 13.2 Å². The quantitative estimate of drug-likeness (QED) is 0.448. The number of hydrogen-bond acceptors (Lipinski definition) is 7. The first-order valence-electron chi connectivity index (χ1n) is 10.2. The van der Waals surface area contributed by atoms with E-state index in [1.165, 1.54) is 4.70 Å². The molecule has 0 saturated carbocycles. The highest BCUT2D eigenvalue weighted by Crippen LogP contribution is 2.31. The van der Waals surface area contributed by atoms with Crippen LogP contribution in [0, 0.1) is 0 Å². The number of benzene rings is 2. The molecule has 1 amide bonds. The van der Waals surface area contributed by atoms with Crippen LogP contribution in [0.25, 0.3) is 10.2 Å². The molecule has 182 valence electrons. The van der Waals surface area contributed by atoms with Crippen molar-refractivity contribution in [2.24, 2.45) is 0 Å². The van der Waals surface area contributed by atoms with E-state index in [9.17, 15) is 23.1 Å². The second kappa shape index (κ2) is 11.6. The molecule has 12 heteroatoms. The third kappa shape index (κ3) is 6.92. The molecule has 7 nitrogen and oxygen atoms in total. The molecule has 0 aliphatic carbocycles.